The molecule has 0 aliphatic carbocycles. The van der Waals surface area contributed by atoms with Crippen LogP contribution in [-0.4, -0.2) is 44.7 Å². The summed E-state index contributed by atoms with van der Waals surface area (Å²) in [6.07, 6.45) is 2.92. The molecule has 1 aromatic rings. The number of carbonyl (C=O) groups is 2. The molecular weight excluding hydrogens is 344 g/mol. The lowest BCUT2D eigenvalue weighted by atomic mass is 10.1. The highest BCUT2D eigenvalue weighted by Crippen LogP contribution is 2.13. The van der Waals surface area contributed by atoms with Crippen LogP contribution >= 0.6 is 0 Å². The van der Waals surface area contributed by atoms with Gasteiger partial charge in [-0.15, -0.1) is 0 Å². The second kappa shape index (κ2) is 6.92. The third-order valence-electron chi connectivity index (χ3n) is 2.47. The van der Waals surface area contributed by atoms with Gasteiger partial charge < -0.3 is 5.32 Å². The molecule has 0 fully saturated rings. The number of benzene rings is 1. The Balaban J connectivity index is 3.09. The zero-order valence-electron chi connectivity index (χ0n) is 12.7. The summed E-state index contributed by atoms with van der Waals surface area (Å²) in [6, 6.07) is 5.93. The molecule has 0 atom stereocenters. The van der Waals surface area contributed by atoms with Crippen LogP contribution in [0.15, 0.2) is 36.5 Å². The van der Waals surface area contributed by atoms with Crippen molar-refractivity contribution < 1.29 is 26.4 Å². The molecule has 1 N–H and O–H groups in total. The molecule has 1 amide bonds. The largest absolute Gasteiger partial charge is 0.326 e. The Labute approximate surface area is 134 Å². The van der Waals surface area contributed by atoms with Crippen molar-refractivity contribution in [3.05, 3.63) is 42.1 Å². The van der Waals surface area contributed by atoms with Crippen LogP contribution in [0.4, 0.5) is 5.69 Å². The van der Waals surface area contributed by atoms with Crippen LogP contribution in [0.1, 0.15) is 17.3 Å². The van der Waals surface area contributed by atoms with Crippen molar-refractivity contribution in [3.8, 4) is 0 Å². The average Bonchev–Trinajstić information content (AvgIpc) is 2.34. The topological polar surface area (TPSA) is 118 Å². The predicted octanol–water partition coefficient (Wildman–Crippen LogP) is 0.563. The van der Waals surface area contributed by atoms with Gasteiger partial charge in [-0.25, -0.2) is 16.8 Å². The van der Waals surface area contributed by atoms with Gasteiger partial charge in [-0.1, -0.05) is 12.1 Å². The second-order valence-electron chi connectivity index (χ2n) is 4.69. The van der Waals surface area contributed by atoms with Gasteiger partial charge in [0.05, 0.1) is 12.5 Å². The standard InChI is InChI=1S/C13H16N2O6S2/c1-10(16)14-12-6-4-5-11(9-12)13(17)7-8-15(22(2,18)19)23(3,20)21/h4-9H,1-3H3,(H,14,16)/b8-7+. The molecule has 0 aromatic heterocycles. The predicted molar refractivity (Wildman–Crippen MR) is 85.7 cm³/mol. The lowest BCUT2D eigenvalue weighted by molar-refractivity contribution is -0.114. The van der Waals surface area contributed by atoms with Crippen molar-refractivity contribution >= 4 is 37.4 Å². The summed E-state index contributed by atoms with van der Waals surface area (Å²) in [4.78, 5) is 23.0. The SMILES string of the molecule is CC(=O)Nc1cccc(C(=O)/C=C/N(S(C)(=O)=O)S(C)(=O)=O)c1. The Morgan fingerprint density at radius 1 is 1.09 bits per heavy atom. The monoisotopic (exact) mass is 360 g/mol. The number of allylic oxidation sites excluding steroid dienone is 1. The van der Waals surface area contributed by atoms with Crippen LogP contribution in [0.3, 0.4) is 0 Å². The van der Waals surface area contributed by atoms with Crippen molar-refractivity contribution in [1.29, 1.82) is 0 Å². The van der Waals surface area contributed by atoms with Crippen molar-refractivity contribution in [2.75, 3.05) is 17.8 Å². The number of rotatable bonds is 6. The minimum absolute atomic E-state index is 0.107. The van der Waals surface area contributed by atoms with Crippen LogP contribution in [0.2, 0.25) is 0 Å². The summed E-state index contributed by atoms with van der Waals surface area (Å²) >= 11 is 0. The van der Waals surface area contributed by atoms with E-state index in [1.54, 1.807) is 6.07 Å². The zero-order valence-corrected chi connectivity index (χ0v) is 14.3. The molecule has 1 aromatic carbocycles. The fraction of sp³-hybridized carbons (Fsp3) is 0.231. The molecule has 8 nitrogen and oxygen atoms in total. The quantitative estimate of drug-likeness (QED) is 0.585. The number of nitrogens with zero attached hydrogens (tertiary/aromatic N) is 1. The number of hydrogen-bond acceptors (Lipinski definition) is 6. The first kappa shape index (κ1) is 18.8. The first-order valence-electron chi connectivity index (χ1n) is 6.21. The summed E-state index contributed by atoms with van der Waals surface area (Å²) in [6.45, 7) is 1.31. The molecule has 0 unspecified atom stereocenters. The third-order valence-corrected chi connectivity index (χ3v) is 5.64. The van der Waals surface area contributed by atoms with E-state index in [2.05, 4.69) is 5.32 Å². The van der Waals surface area contributed by atoms with E-state index in [9.17, 15) is 26.4 Å². The average molecular weight is 360 g/mol. The Hall–Kier alpha value is -2.20. The van der Waals surface area contributed by atoms with Gasteiger partial charge in [0.15, 0.2) is 5.78 Å². The Morgan fingerprint density at radius 2 is 1.65 bits per heavy atom. The highest BCUT2D eigenvalue weighted by molar-refractivity contribution is 8.03. The van der Waals surface area contributed by atoms with Gasteiger partial charge >= 0.3 is 0 Å². The molecule has 126 valence electrons. The molecule has 0 radical (unpaired) electrons. The van der Waals surface area contributed by atoms with E-state index < -0.39 is 25.8 Å². The van der Waals surface area contributed by atoms with Crippen LogP contribution in [0.5, 0.6) is 0 Å². The lowest BCUT2D eigenvalue weighted by Gasteiger charge is -2.14. The maximum Gasteiger partial charge on any atom is 0.244 e. The number of carbonyl (C=O) groups excluding carboxylic acids is 2. The Morgan fingerprint density at radius 3 is 2.13 bits per heavy atom. The number of sulfonamides is 2. The van der Waals surface area contributed by atoms with E-state index in [0.29, 0.717) is 24.4 Å². The maximum absolute atomic E-state index is 12.0. The van der Waals surface area contributed by atoms with E-state index in [1.165, 1.54) is 25.1 Å². The zero-order chi connectivity index (χ0) is 17.8. The second-order valence-corrected chi connectivity index (χ2v) is 8.64. The minimum atomic E-state index is -4.08. The number of nitrogens with one attached hydrogen (secondary N) is 1. The molecule has 0 saturated carbocycles. The van der Waals surface area contributed by atoms with Crippen LogP contribution in [0.25, 0.3) is 0 Å². The van der Waals surface area contributed by atoms with Gasteiger partial charge in [-0.05, 0) is 12.1 Å². The number of hydrogen-bond donors (Lipinski definition) is 1. The van der Waals surface area contributed by atoms with Crippen LogP contribution < -0.4 is 5.32 Å². The molecule has 0 saturated heterocycles. The van der Waals surface area contributed by atoms with Crippen LogP contribution in [-0.2, 0) is 24.8 Å². The maximum atomic E-state index is 12.0. The highest BCUT2D eigenvalue weighted by atomic mass is 32.3. The van der Waals surface area contributed by atoms with Crippen molar-refractivity contribution in [2.24, 2.45) is 0 Å². The molecule has 1 rings (SSSR count). The van der Waals surface area contributed by atoms with Crippen LogP contribution in [0, 0.1) is 0 Å². The first-order chi connectivity index (χ1) is 10.4. The molecule has 0 aliphatic rings. The lowest BCUT2D eigenvalue weighted by Crippen LogP contribution is -2.30. The van der Waals surface area contributed by atoms with Gasteiger partial charge in [0.2, 0.25) is 26.0 Å². The van der Waals surface area contributed by atoms with Crippen molar-refractivity contribution in [2.45, 2.75) is 6.92 Å². The first-order valence-corrected chi connectivity index (χ1v) is 9.90. The summed E-state index contributed by atoms with van der Waals surface area (Å²) in [5.41, 5.74) is 0.550. The van der Waals surface area contributed by atoms with E-state index in [-0.39, 0.29) is 15.2 Å². The minimum Gasteiger partial charge on any atom is -0.326 e. The summed E-state index contributed by atoms with van der Waals surface area (Å²) in [7, 11) is -8.15. The number of amides is 1. The summed E-state index contributed by atoms with van der Waals surface area (Å²) in [5.74, 6) is -0.931. The number of anilines is 1. The van der Waals surface area contributed by atoms with Gasteiger partial charge in [0.1, 0.15) is 0 Å². The van der Waals surface area contributed by atoms with Crippen molar-refractivity contribution in [1.82, 2.24) is 3.71 Å². The van der Waals surface area contributed by atoms with Gasteiger partial charge in [-0.3, -0.25) is 9.59 Å². The normalized spacial score (nSPS) is 12.1. The van der Waals surface area contributed by atoms with E-state index >= 15 is 0 Å². The molecule has 0 bridgehead atoms. The fourth-order valence-electron chi connectivity index (χ4n) is 1.65. The Bertz CT molecular complexity index is 824. The van der Waals surface area contributed by atoms with Crippen molar-refractivity contribution in [3.63, 3.8) is 0 Å². The molecule has 0 spiro atoms. The van der Waals surface area contributed by atoms with E-state index in [1.807, 2.05) is 0 Å². The number of ketones is 1. The summed E-state index contributed by atoms with van der Waals surface area (Å²) in [5, 5.41) is 2.50. The van der Waals surface area contributed by atoms with Gasteiger partial charge in [0.25, 0.3) is 0 Å². The summed E-state index contributed by atoms with van der Waals surface area (Å²) < 4.78 is 45.9. The molecule has 23 heavy (non-hydrogen) atoms. The highest BCUT2D eigenvalue weighted by Gasteiger charge is 2.22. The molecule has 0 aliphatic heterocycles. The smallest absolute Gasteiger partial charge is 0.244 e. The van der Waals surface area contributed by atoms with E-state index in [0.717, 1.165) is 6.08 Å². The van der Waals surface area contributed by atoms with Gasteiger partial charge in [0, 0.05) is 30.5 Å². The van der Waals surface area contributed by atoms with E-state index in [4.69, 9.17) is 0 Å². The molecule has 10 heteroatoms. The molecule has 0 heterocycles. The molecular formula is C13H16N2O6S2. The third kappa shape index (κ3) is 5.83. The fourth-order valence-corrected chi connectivity index (χ4v) is 4.18. The Kier molecular flexibility index (Phi) is 5.67. The van der Waals surface area contributed by atoms with Gasteiger partial charge in [-0.2, -0.15) is 3.71 Å².